The fourth-order valence-electron chi connectivity index (χ4n) is 7.70. The number of ketones is 4. The summed E-state index contributed by atoms with van der Waals surface area (Å²) in [5, 5.41) is 23.1. The molecule has 11 heteroatoms. The lowest BCUT2D eigenvalue weighted by Gasteiger charge is -2.52. The molecule has 4 N–H and O–H groups in total. The molecule has 0 aromatic heterocycles. The lowest BCUT2D eigenvalue weighted by molar-refractivity contribution is -0.181. The van der Waals surface area contributed by atoms with Gasteiger partial charge in [0.05, 0.1) is 17.5 Å². The topological polar surface area (TPSA) is 162 Å². The Kier molecular flexibility index (Phi) is 8.45. The van der Waals surface area contributed by atoms with E-state index in [0.717, 1.165) is 17.8 Å². The van der Waals surface area contributed by atoms with Gasteiger partial charge in [-0.2, -0.15) is 0 Å². The van der Waals surface area contributed by atoms with Gasteiger partial charge in [-0.15, -0.1) is 0 Å². The molecule has 43 heavy (non-hydrogen) atoms. The maximum atomic E-state index is 14.1. The largest absolute Gasteiger partial charge is 0.507 e. The highest BCUT2D eigenvalue weighted by molar-refractivity contribution is 6.32. The van der Waals surface area contributed by atoms with Crippen molar-refractivity contribution in [1.29, 1.82) is 0 Å². The highest BCUT2D eigenvalue weighted by Crippen LogP contribution is 2.52. The maximum absolute atomic E-state index is 14.1. The van der Waals surface area contributed by atoms with E-state index >= 15 is 0 Å². The summed E-state index contributed by atoms with van der Waals surface area (Å²) in [7, 11) is 6.87. The second kappa shape index (κ2) is 11.1. The molecule has 0 aliphatic heterocycles. The van der Waals surface area contributed by atoms with Crippen molar-refractivity contribution >= 4 is 34.7 Å². The van der Waals surface area contributed by atoms with Crippen molar-refractivity contribution in [3.05, 3.63) is 22.8 Å². The van der Waals surface area contributed by atoms with Crippen LogP contribution in [0.4, 0.5) is 5.69 Å². The Labute approximate surface area is 253 Å². The van der Waals surface area contributed by atoms with E-state index in [1.165, 1.54) is 4.90 Å². The van der Waals surface area contributed by atoms with Gasteiger partial charge < -0.3 is 20.8 Å². The summed E-state index contributed by atoms with van der Waals surface area (Å²) in [6.07, 6.45) is 0.242. The van der Waals surface area contributed by atoms with Gasteiger partial charge in [-0.05, 0) is 68.9 Å². The summed E-state index contributed by atoms with van der Waals surface area (Å²) in [4.78, 5) is 72.9. The number of carbonyl (C=O) groups excluding carboxylic acids is 5. The molecule has 236 valence electrons. The minimum atomic E-state index is -2.73. The van der Waals surface area contributed by atoms with Crippen LogP contribution < -0.4 is 10.6 Å². The Hall–Kier alpha value is -3.15. The van der Waals surface area contributed by atoms with E-state index in [1.54, 1.807) is 20.2 Å². The van der Waals surface area contributed by atoms with Crippen LogP contribution in [0, 0.1) is 29.1 Å². The van der Waals surface area contributed by atoms with Crippen LogP contribution in [0.15, 0.2) is 6.07 Å². The summed E-state index contributed by atoms with van der Waals surface area (Å²) in [6.45, 7) is 12.0. The molecular formula is C32H46N4O7. The molecular weight excluding hydrogens is 552 g/mol. The molecule has 1 aromatic carbocycles. The summed E-state index contributed by atoms with van der Waals surface area (Å²) >= 11 is 0. The quantitative estimate of drug-likeness (QED) is 0.389. The minimum absolute atomic E-state index is 0.00164. The molecule has 0 radical (unpaired) electrons. The molecule has 2 unspecified atom stereocenters. The number of nitrogens with zero attached hydrogens (tertiary/aromatic N) is 3. The zero-order valence-electron chi connectivity index (χ0n) is 26.7. The number of aromatic hydroxyl groups is 1. The first kappa shape index (κ1) is 32.8. The van der Waals surface area contributed by atoms with Gasteiger partial charge >= 0.3 is 0 Å². The number of amides is 1. The van der Waals surface area contributed by atoms with Gasteiger partial charge in [-0.1, -0.05) is 27.7 Å². The molecule has 11 nitrogen and oxygen atoms in total. The molecule has 7 atom stereocenters. The Morgan fingerprint density at radius 3 is 2.21 bits per heavy atom. The number of rotatable bonds is 7. The number of primary amides is 1. The van der Waals surface area contributed by atoms with Crippen LogP contribution in [0.5, 0.6) is 5.75 Å². The zero-order chi connectivity index (χ0) is 32.5. The van der Waals surface area contributed by atoms with E-state index in [2.05, 4.69) is 39.5 Å². The van der Waals surface area contributed by atoms with Crippen LogP contribution in [-0.2, 0) is 32.1 Å². The smallest absolute Gasteiger partial charge is 0.235 e. The normalized spacial score (nSPS) is 29.8. The molecule has 0 spiro atoms. The lowest BCUT2D eigenvalue weighted by atomic mass is 9.52. The average Bonchev–Trinajstić information content (AvgIpc) is 2.87. The van der Waals surface area contributed by atoms with Gasteiger partial charge in [0, 0.05) is 38.3 Å². The summed E-state index contributed by atoms with van der Waals surface area (Å²) in [5.41, 5.74) is 4.88. The molecule has 4 rings (SSSR count). The van der Waals surface area contributed by atoms with Crippen molar-refractivity contribution in [2.45, 2.75) is 71.7 Å². The number of nitrogens with two attached hydrogens (primary N) is 1. The van der Waals surface area contributed by atoms with Crippen LogP contribution in [0.1, 0.15) is 62.5 Å². The number of phenols is 1. The Morgan fingerprint density at radius 1 is 1.12 bits per heavy atom. The van der Waals surface area contributed by atoms with E-state index in [4.69, 9.17) is 5.73 Å². The van der Waals surface area contributed by atoms with Crippen molar-refractivity contribution in [2.24, 2.45) is 34.8 Å². The fourth-order valence-corrected chi connectivity index (χ4v) is 7.70. The second-order valence-corrected chi connectivity index (χ2v) is 14.0. The number of phenolic OH excluding ortho intramolecular Hbond substituents is 1. The lowest BCUT2D eigenvalue weighted by Crippen LogP contribution is -2.74. The van der Waals surface area contributed by atoms with Gasteiger partial charge in [-0.3, -0.25) is 33.8 Å². The molecule has 0 saturated heterocycles. The van der Waals surface area contributed by atoms with E-state index in [9.17, 15) is 34.2 Å². The Bertz CT molecular complexity index is 1380. The monoisotopic (exact) mass is 598 g/mol. The predicted octanol–water partition coefficient (Wildman–Crippen LogP) is 1.19. The van der Waals surface area contributed by atoms with Gasteiger partial charge in [0.15, 0.2) is 34.7 Å². The number of aliphatic hydroxyl groups is 1. The fraction of sp³-hybridized carbons (Fsp3) is 0.656. The summed E-state index contributed by atoms with van der Waals surface area (Å²) in [5.74, 6) is -10.4. The average molecular weight is 599 g/mol. The SMILES string of the molecule is CCN(Cc1cc(O)c2c(c1N(C)C)C[C@H]1C[C@H]3[C@H](N(C)C)C(=O)C(C(N)=O)C(=O)[C@@]3(O)C(=O)C1C2=O)[C@H](C)C(C)(C)C. The van der Waals surface area contributed by atoms with Crippen LogP contribution in [0.3, 0.4) is 0 Å². The Morgan fingerprint density at radius 2 is 1.72 bits per heavy atom. The maximum Gasteiger partial charge on any atom is 0.235 e. The van der Waals surface area contributed by atoms with Crippen molar-refractivity contribution in [3.8, 4) is 5.75 Å². The minimum Gasteiger partial charge on any atom is -0.507 e. The number of likely N-dealkylation sites (N-methyl/N-ethyl adjacent to an activating group) is 1. The molecule has 1 amide bonds. The zero-order valence-corrected chi connectivity index (χ0v) is 26.7. The standard InChI is InChI=1S/C32H46N4O7/c1-10-36(15(2)31(3,4)5)14-17-13-20(37)22-18(24(17)34(6)7)11-16-12-19-25(35(8)9)27(39)23(30(33)42)29(41)32(19,43)28(40)21(16)26(22)38/h13,15-16,19,21,23,25,37,43H,10-12,14H2,1-9H3,(H2,33,42)/t15-,16+,19+,21?,23?,25+,32+/m1/s1. The molecule has 0 heterocycles. The second-order valence-electron chi connectivity index (χ2n) is 14.0. The third kappa shape index (κ3) is 4.99. The molecule has 0 bridgehead atoms. The van der Waals surface area contributed by atoms with E-state index in [0.29, 0.717) is 12.1 Å². The third-order valence-electron chi connectivity index (χ3n) is 10.1. The molecule has 1 aromatic rings. The van der Waals surface area contributed by atoms with Gasteiger partial charge in [0.2, 0.25) is 5.91 Å². The first-order chi connectivity index (χ1) is 19.8. The van der Waals surface area contributed by atoms with Crippen LogP contribution in [0.25, 0.3) is 0 Å². The highest BCUT2D eigenvalue weighted by atomic mass is 16.3. The van der Waals surface area contributed by atoms with E-state index < -0.39 is 64.4 Å². The molecule has 3 aliphatic carbocycles. The van der Waals surface area contributed by atoms with Gasteiger partial charge in [0.25, 0.3) is 0 Å². The molecule has 3 aliphatic rings. The molecule has 2 fully saturated rings. The van der Waals surface area contributed by atoms with Crippen LogP contribution >= 0.6 is 0 Å². The number of Topliss-reactive ketones (excluding diaryl/α,β-unsaturated/α-hetero) is 4. The van der Waals surface area contributed by atoms with Crippen molar-refractivity contribution in [2.75, 3.05) is 39.6 Å². The molecule has 2 saturated carbocycles. The summed E-state index contributed by atoms with van der Waals surface area (Å²) in [6, 6.07) is 0.649. The number of hydrogen-bond donors (Lipinski definition) is 3. The van der Waals surface area contributed by atoms with Crippen molar-refractivity contribution in [3.63, 3.8) is 0 Å². The van der Waals surface area contributed by atoms with E-state index in [1.807, 2.05) is 19.0 Å². The van der Waals surface area contributed by atoms with Gasteiger partial charge in [0.1, 0.15) is 5.75 Å². The number of carbonyl (C=O) groups is 5. The first-order valence-electron chi connectivity index (χ1n) is 14.9. The predicted molar refractivity (Wildman–Crippen MR) is 161 cm³/mol. The van der Waals surface area contributed by atoms with Crippen molar-refractivity contribution in [1.82, 2.24) is 9.80 Å². The van der Waals surface area contributed by atoms with Crippen LogP contribution in [0.2, 0.25) is 0 Å². The first-order valence-corrected chi connectivity index (χ1v) is 14.9. The Balaban J connectivity index is 1.85. The number of fused-ring (bicyclic) bond motifs is 3. The summed E-state index contributed by atoms with van der Waals surface area (Å²) < 4.78 is 0. The van der Waals surface area contributed by atoms with Gasteiger partial charge in [-0.25, -0.2) is 0 Å². The number of benzene rings is 1. The highest BCUT2D eigenvalue weighted by Gasteiger charge is 2.69. The third-order valence-corrected chi connectivity index (χ3v) is 10.1. The van der Waals surface area contributed by atoms with E-state index in [-0.39, 0.29) is 35.6 Å². The number of anilines is 1. The van der Waals surface area contributed by atoms with Crippen LogP contribution in [-0.4, -0.2) is 101 Å². The number of hydrogen-bond acceptors (Lipinski definition) is 10. The van der Waals surface area contributed by atoms with Crippen molar-refractivity contribution < 1.29 is 34.2 Å².